The smallest absolute Gasteiger partial charge is 0.337 e. The Balaban J connectivity index is 2.25. The molecule has 1 aromatic rings. The van der Waals surface area contributed by atoms with Gasteiger partial charge in [0.25, 0.3) is 0 Å². The van der Waals surface area contributed by atoms with Gasteiger partial charge in [-0.15, -0.1) is 0 Å². The third-order valence-corrected chi connectivity index (χ3v) is 3.68. The fourth-order valence-electron chi connectivity index (χ4n) is 1.97. The van der Waals surface area contributed by atoms with Crippen LogP contribution in [0.25, 0.3) is 0 Å². The lowest BCUT2D eigenvalue weighted by Gasteiger charge is -2.19. The molecule has 1 aliphatic heterocycles. The van der Waals surface area contributed by atoms with Gasteiger partial charge < -0.3 is 9.64 Å². The molecule has 0 aliphatic carbocycles. The molecule has 0 atom stereocenters. The van der Waals surface area contributed by atoms with Crippen molar-refractivity contribution in [2.24, 2.45) is 0 Å². The number of halogens is 1. The van der Waals surface area contributed by atoms with Crippen LogP contribution in [0.15, 0.2) is 18.2 Å². The van der Waals surface area contributed by atoms with E-state index < -0.39 is 0 Å². The van der Waals surface area contributed by atoms with Crippen molar-refractivity contribution >= 4 is 34.2 Å². The molecule has 1 fully saturated rings. The maximum Gasteiger partial charge on any atom is 0.337 e. The molecule has 4 heteroatoms. The largest absolute Gasteiger partial charge is 0.465 e. The minimum Gasteiger partial charge on any atom is -0.465 e. The van der Waals surface area contributed by atoms with Gasteiger partial charge in [-0.1, -0.05) is 0 Å². The predicted molar refractivity (Wildman–Crippen MR) is 71.9 cm³/mol. The van der Waals surface area contributed by atoms with E-state index in [1.165, 1.54) is 25.6 Å². The normalized spacial score (nSPS) is 15.2. The highest BCUT2D eigenvalue weighted by Crippen LogP contribution is 2.27. The average Bonchev–Trinajstić information content (AvgIpc) is 2.81. The van der Waals surface area contributed by atoms with Gasteiger partial charge in [-0.25, -0.2) is 4.79 Å². The molecule has 1 aliphatic rings. The Morgan fingerprint density at radius 1 is 1.38 bits per heavy atom. The second kappa shape index (κ2) is 5.03. The Kier molecular flexibility index (Phi) is 3.68. The average molecular weight is 331 g/mol. The van der Waals surface area contributed by atoms with Crippen molar-refractivity contribution in [3.05, 3.63) is 27.3 Å². The number of nitrogens with zero attached hydrogens (tertiary/aromatic N) is 1. The number of esters is 1. The highest BCUT2D eigenvalue weighted by Gasteiger charge is 2.16. The zero-order valence-electron chi connectivity index (χ0n) is 9.20. The third kappa shape index (κ3) is 2.31. The molecule has 16 heavy (non-hydrogen) atoms. The van der Waals surface area contributed by atoms with Crippen LogP contribution in [0.4, 0.5) is 5.69 Å². The first-order valence-corrected chi connectivity index (χ1v) is 6.43. The molecule has 0 saturated carbocycles. The Morgan fingerprint density at radius 2 is 2.06 bits per heavy atom. The van der Waals surface area contributed by atoms with Gasteiger partial charge >= 0.3 is 5.97 Å². The molecule has 0 unspecified atom stereocenters. The van der Waals surface area contributed by atoms with E-state index >= 15 is 0 Å². The summed E-state index contributed by atoms with van der Waals surface area (Å²) in [6.07, 6.45) is 2.52. The van der Waals surface area contributed by atoms with Crippen molar-refractivity contribution in [2.75, 3.05) is 25.1 Å². The second-order valence-electron chi connectivity index (χ2n) is 3.85. The van der Waals surface area contributed by atoms with Gasteiger partial charge in [-0.2, -0.15) is 0 Å². The topological polar surface area (TPSA) is 29.5 Å². The van der Waals surface area contributed by atoms with Gasteiger partial charge in [0, 0.05) is 16.7 Å². The molecule has 0 radical (unpaired) electrons. The Morgan fingerprint density at radius 3 is 2.62 bits per heavy atom. The van der Waals surface area contributed by atoms with Gasteiger partial charge in [0.1, 0.15) is 0 Å². The summed E-state index contributed by atoms with van der Waals surface area (Å²) in [6.45, 7) is 2.24. The van der Waals surface area contributed by atoms with Crippen molar-refractivity contribution in [3.63, 3.8) is 0 Å². The molecular formula is C12H14INO2. The van der Waals surface area contributed by atoms with Crippen molar-refractivity contribution in [1.29, 1.82) is 0 Å². The second-order valence-corrected chi connectivity index (χ2v) is 5.01. The maximum absolute atomic E-state index is 11.4. The standard InChI is InChI=1S/C12H14INO2/c1-16-12(15)9-4-5-11(10(13)8-9)14-6-2-3-7-14/h4-5,8H,2-3,6-7H2,1H3. The molecule has 0 amide bonds. The Bertz CT molecular complexity index is 400. The van der Waals surface area contributed by atoms with E-state index in [1.807, 2.05) is 18.2 Å². The molecule has 0 bridgehead atoms. The number of benzene rings is 1. The predicted octanol–water partition coefficient (Wildman–Crippen LogP) is 2.68. The summed E-state index contributed by atoms with van der Waals surface area (Å²) < 4.78 is 5.81. The van der Waals surface area contributed by atoms with Crippen molar-refractivity contribution in [2.45, 2.75) is 12.8 Å². The van der Waals surface area contributed by atoms with Gasteiger partial charge in [0.05, 0.1) is 18.4 Å². The number of carbonyl (C=O) groups is 1. The summed E-state index contributed by atoms with van der Waals surface area (Å²) in [4.78, 5) is 13.7. The molecule has 86 valence electrons. The minimum absolute atomic E-state index is 0.272. The fourth-order valence-corrected chi connectivity index (χ4v) is 2.82. The first kappa shape index (κ1) is 11.7. The Labute approximate surface area is 109 Å². The van der Waals surface area contributed by atoms with Crippen LogP contribution in [0, 0.1) is 3.57 Å². The molecule has 1 saturated heterocycles. The first-order valence-electron chi connectivity index (χ1n) is 5.35. The van der Waals surface area contributed by atoms with Crippen molar-refractivity contribution in [1.82, 2.24) is 0 Å². The van der Waals surface area contributed by atoms with Crippen LogP contribution in [-0.4, -0.2) is 26.2 Å². The van der Waals surface area contributed by atoms with Crippen LogP contribution < -0.4 is 4.90 Å². The number of methoxy groups -OCH3 is 1. The monoisotopic (exact) mass is 331 g/mol. The van der Waals surface area contributed by atoms with Crippen LogP contribution in [0.5, 0.6) is 0 Å². The van der Waals surface area contributed by atoms with E-state index in [0.717, 1.165) is 16.7 Å². The highest BCUT2D eigenvalue weighted by atomic mass is 127. The van der Waals surface area contributed by atoms with Gasteiger partial charge in [0.2, 0.25) is 0 Å². The van der Waals surface area contributed by atoms with Gasteiger partial charge in [-0.3, -0.25) is 0 Å². The van der Waals surface area contributed by atoms with E-state index in [0.29, 0.717) is 5.56 Å². The zero-order valence-corrected chi connectivity index (χ0v) is 11.4. The van der Waals surface area contributed by atoms with Crippen LogP contribution in [0.1, 0.15) is 23.2 Å². The van der Waals surface area contributed by atoms with Crippen LogP contribution >= 0.6 is 22.6 Å². The summed E-state index contributed by atoms with van der Waals surface area (Å²) >= 11 is 2.28. The quantitative estimate of drug-likeness (QED) is 0.616. The summed E-state index contributed by atoms with van der Waals surface area (Å²) in [5.74, 6) is -0.272. The SMILES string of the molecule is COC(=O)c1ccc(N2CCCC2)c(I)c1. The zero-order chi connectivity index (χ0) is 11.5. The highest BCUT2D eigenvalue weighted by molar-refractivity contribution is 14.1. The molecule has 0 aromatic heterocycles. The van der Waals surface area contributed by atoms with Crippen molar-refractivity contribution in [3.8, 4) is 0 Å². The Hall–Kier alpha value is -0.780. The van der Waals surface area contributed by atoms with E-state index in [1.54, 1.807) is 0 Å². The lowest BCUT2D eigenvalue weighted by atomic mass is 10.2. The molecule has 3 nitrogen and oxygen atoms in total. The van der Waals surface area contributed by atoms with Crippen LogP contribution in [0.3, 0.4) is 0 Å². The van der Waals surface area contributed by atoms with E-state index in [-0.39, 0.29) is 5.97 Å². The van der Waals surface area contributed by atoms with E-state index in [2.05, 4.69) is 27.5 Å². The third-order valence-electron chi connectivity index (χ3n) is 2.82. The molecule has 0 N–H and O–H groups in total. The fraction of sp³-hybridized carbons (Fsp3) is 0.417. The summed E-state index contributed by atoms with van der Waals surface area (Å²) in [5.41, 5.74) is 1.85. The number of carbonyl (C=O) groups excluding carboxylic acids is 1. The molecule has 1 heterocycles. The van der Waals surface area contributed by atoms with Crippen LogP contribution in [0.2, 0.25) is 0 Å². The molecule has 1 aromatic carbocycles. The molecule has 2 rings (SSSR count). The van der Waals surface area contributed by atoms with Crippen LogP contribution in [-0.2, 0) is 4.74 Å². The van der Waals surface area contributed by atoms with Crippen molar-refractivity contribution < 1.29 is 9.53 Å². The lowest BCUT2D eigenvalue weighted by molar-refractivity contribution is 0.0600. The van der Waals surface area contributed by atoms with Gasteiger partial charge in [-0.05, 0) is 53.6 Å². The number of hydrogen-bond donors (Lipinski definition) is 0. The lowest BCUT2D eigenvalue weighted by Crippen LogP contribution is -2.19. The molecule has 0 spiro atoms. The summed E-state index contributed by atoms with van der Waals surface area (Å²) in [6, 6.07) is 5.74. The van der Waals surface area contributed by atoms with E-state index in [9.17, 15) is 4.79 Å². The maximum atomic E-state index is 11.4. The first-order chi connectivity index (χ1) is 7.72. The number of anilines is 1. The van der Waals surface area contributed by atoms with Gasteiger partial charge in [0.15, 0.2) is 0 Å². The summed E-state index contributed by atoms with van der Waals surface area (Å²) in [5, 5.41) is 0. The molecular weight excluding hydrogens is 317 g/mol. The number of hydrogen-bond acceptors (Lipinski definition) is 3. The van der Waals surface area contributed by atoms with E-state index in [4.69, 9.17) is 4.74 Å². The minimum atomic E-state index is -0.272. The number of rotatable bonds is 2. The number of ether oxygens (including phenoxy) is 1. The summed E-state index contributed by atoms with van der Waals surface area (Å²) in [7, 11) is 1.41.